The molecule has 0 fully saturated rings. The van der Waals surface area contributed by atoms with E-state index < -0.39 is 0 Å². The predicted octanol–water partition coefficient (Wildman–Crippen LogP) is 5.00. The van der Waals surface area contributed by atoms with Crippen molar-refractivity contribution in [1.29, 1.82) is 0 Å². The van der Waals surface area contributed by atoms with Gasteiger partial charge in [0, 0.05) is 19.6 Å². The Balaban J connectivity index is 3.19. The predicted molar refractivity (Wildman–Crippen MR) is 67.1 cm³/mol. The van der Waals surface area contributed by atoms with Gasteiger partial charge in [-0.25, -0.2) is 0 Å². The molecule has 0 aliphatic heterocycles. The van der Waals surface area contributed by atoms with Crippen LogP contribution in [0.1, 0.15) is 11.1 Å². The summed E-state index contributed by atoms with van der Waals surface area (Å²) in [5, 5.41) is 1.78. The lowest BCUT2D eigenvalue weighted by Gasteiger charge is -2.06. The molecule has 0 heterocycles. The zero-order valence-electron chi connectivity index (χ0n) is 6.08. The number of alkyl halides is 2. The van der Waals surface area contributed by atoms with Crippen LogP contribution < -0.4 is 0 Å². The Morgan fingerprint density at radius 1 is 0.833 bits per heavy atom. The highest BCUT2D eigenvalue weighted by Crippen LogP contribution is 2.28. The van der Waals surface area contributed by atoms with E-state index in [4.69, 9.17) is 0 Å². The first-order chi connectivity index (χ1) is 5.69. The zero-order chi connectivity index (χ0) is 9.14. The molecule has 1 aromatic rings. The van der Waals surface area contributed by atoms with E-state index in [0.717, 1.165) is 19.6 Å². The largest absolute Gasteiger partial charge is 0.0876 e. The Morgan fingerprint density at radius 3 is 1.42 bits per heavy atom. The Hall–Kier alpha value is 1.14. The SMILES string of the molecule is BrCc1cc(Br)c(Br)cc1CBr. The fourth-order valence-electron chi connectivity index (χ4n) is 0.878. The van der Waals surface area contributed by atoms with Gasteiger partial charge >= 0.3 is 0 Å². The highest BCUT2D eigenvalue weighted by Gasteiger charge is 2.04. The molecule has 0 amide bonds. The molecule has 0 N–H and O–H groups in total. The van der Waals surface area contributed by atoms with Crippen LogP contribution in [0, 0.1) is 0 Å². The molecular weight excluding hydrogens is 416 g/mol. The van der Waals surface area contributed by atoms with Crippen LogP contribution in [-0.4, -0.2) is 0 Å². The van der Waals surface area contributed by atoms with E-state index in [-0.39, 0.29) is 0 Å². The number of hydrogen-bond donors (Lipinski definition) is 0. The fraction of sp³-hybridized carbons (Fsp3) is 0.250. The summed E-state index contributed by atoms with van der Waals surface area (Å²) < 4.78 is 2.20. The van der Waals surface area contributed by atoms with Crippen LogP contribution in [0.25, 0.3) is 0 Å². The van der Waals surface area contributed by atoms with Gasteiger partial charge in [-0.1, -0.05) is 31.9 Å². The van der Waals surface area contributed by atoms with Gasteiger partial charge in [0.25, 0.3) is 0 Å². The first-order valence-corrected chi connectivity index (χ1v) is 7.10. The number of halogens is 4. The molecule has 0 unspecified atom stereocenters. The van der Waals surface area contributed by atoms with Gasteiger partial charge < -0.3 is 0 Å². The van der Waals surface area contributed by atoms with Crippen molar-refractivity contribution >= 4 is 63.7 Å². The summed E-state index contributed by atoms with van der Waals surface area (Å²) >= 11 is 13.8. The van der Waals surface area contributed by atoms with Gasteiger partial charge in [0.2, 0.25) is 0 Å². The third-order valence-electron chi connectivity index (χ3n) is 1.53. The first kappa shape index (κ1) is 11.2. The minimum absolute atomic E-state index is 0.889. The summed E-state index contributed by atoms with van der Waals surface area (Å²) in [5.41, 5.74) is 2.61. The fourth-order valence-corrected chi connectivity index (χ4v) is 2.70. The molecule has 0 aliphatic rings. The lowest BCUT2D eigenvalue weighted by molar-refractivity contribution is 1.28. The molecule has 66 valence electrons. The third-order valence-corrected chi connectivity index (χ3v) is 4.58. The summed E-state index contributed by atoms with van der Waals surface area (Å²) in [6.45, 7) is 0. The summed E-state index contributed by atoms with van der Waals surface area (Å²) in [6.07, 6.45) is 0. The highest BCUT2D eigenvalue weighted by molar-refractivity contribution is 9.13. The second kappa shape index (κ2) is 5.13. The van der Waals surface area contributed by atoms with E-state index >= 15 is 0 Å². The summed E-state index contributed by atoms with van der Waals surface area (Å²) in [7, 11) is 0. The molecule has 0 radical (unpaired) electrons. The standard InChI is InChI=1S/C8H6Br4/c9-3-5-1-7(11)8(12)2-6(5)4-10/h1-2H,3-4H2. The second-order valence-electron chi connectivity index (χ2n) is 2.30. The first-order valence-electron chi connectivity index (χ1n) is 3.27. The third kappa shape index (κ3) is 2.56. The van der Waals surface area contributed by atoms with Crippen LogP contribution in [0.3, 0.4) is 0 Å². The summed E-state index contributed by atoms with van der Waals surface area (Å²) in [6, 6.07) is 4.24. The molecule has 0 saturated carbocycles. The summed E-state index contributed by atoms with van der Waals surface area (Å²) in [5.74, 6) is 0. The van der Waals surface area contributed by atoms with Gasteiger partial charge in [-0.3, -0.25) is 0 Å². The number of hydrogen-bond acceptors (Lipinski definition) is 0. The molecule has 4 heteroatoms. The smallest absolute Gasteiger partial charge is 0.0320 e. The summed E-state index contributed by atoms with van der Waals surface area (Å²) in [4.78, 5) is 0. The van der Waals surface area contributed by atoms with Crippen LogP contribution in [0.4, 0.5) is 0 Å². The molecule has 0 bridgehead atoms. The van der Waals surface area contributed by atoms with Crippen LogP contribution >= 0.6 is 63.7 Å². The van der Waals surface area contributed by atoms with Crippen molar-refractivity contribution in [1.82, 2.24) is 0 Å². The van der Waals surface area contributed by atoms with E-state index in [1.807, 2.05) is 0 Å². The Morgan fingerprint density at radius 2 is 1.17 bits per heavy atom. The van der Waals surface area contributed by atoms with Crippen LogP contribution in [0.15, 0.2) is 21.1 Å². The minimum Gasteiger partial charge on any atom is -0.0876 e. The van der Waals surface area contributed by atoms with Crippen molar-refractivity contribution in [3.8, 4) is 0 Å². The highest BCUT2D eigenvalue weighted by atomic mass is 79.9. The minimum atomic E-state index is 0.889. The van der Waals surface area contributed by atoms with Crippen LogP contribution in [-0.2, 0) is 10.7 Å². The van der Waals surface area contributed by atoms with Crippen LogP contribution in [0.2, 0.25) is 0 Å². The maximum absolute atomic E-state index is 3.47. The molecule has 0 spiro atoms. The van der Waals surface area contributed by atoms with E-state index in [1.54, 1.807) is 0 Å². The molecule has 0 saturated heterocycles. The van der Waals surface area contributed by atoms with Crippen molar-refractivity contribution in [3.63, 3.8) is 0 Å². The average molecular weight is 422 g/mol. The molecular formula is C8H6Br4. The van der Waals surface area contributed by atoms with Gasteiger partial charge in [0.15, 0.2) is 0 Å². The van der Waals surface area contributed by atoms with E-state index in [2.05, 4.69) is 75.9 Å². The number of rotatable bonds is 2. The quantitative estimate of drug-likeness (QED) is 0.589. The van der Waals surface area contributed by atoms with E-state index in [1.165, 1.54) is 11.1 Å². The van der Waals surface area contributed by atoms with Gasteiger partial charge in [0.05, 0.1) is 0 Å². The monoisotopic (exact) mass is 418 g/mol. The van der Waals surface area contributed by atoms with Crippen LogP contribution in [0.5, 0.6) is 0 Å². The molecule has 0 nitrogen and oxygen atoms in total. The Bertz CT molecular complexity index is 254. The maximum Gasteiger partial charge on any atom is 0.0320 e. The molecule has 12 heavy (non-hydrogen) atoms. The van der Waals surface area contributed by atoms with Gasteiger partial charge in [-0.2, -0.15) is 0 Å². The van der Waals surface area contributed by atoms with Crippen molar-refractivity contribution in [3.05, 3.63) is 32.2 Å². The maximum atomic E-state index is 3.47. The topological polar surface area (TPSA) is 0 Å². The zero-order valence-corrected chi connectivity index (χ0v) is 12.4. The Kier molecular flexibility index (Phi) is 4.79. The van der Waals surface area contributed by atoms with Gasteiger partial charge in [-0.15, -0.1) is 0 Å². The Labute approximate surface area is 106 Å². The molecule has 0 atom stereocenters. The van der Waals surface area contributed by atoms with Crippen molar-refractivity contribution in [2.24, 2.45) is 0 Å². The van der Waals surface area contributed by atoms with E-state index in [0.29, 0.717) is 0 Å². The molecule has 0 aliphatic carbocycles. The lowest BCUT2D eigenvalue weighted by atomic mass is 10.1. The van der Waals surface area contributed by atoms with Crippen molar-refractivity contribution < 1.29 is 0 Å². The second-order valence-corrected chi connectivity index (χ2v) is 5.13. The molecule has 1 aromatic carbocycles. The molecule has 1 rings (SSSR count). The normalized spacial score (nSPS) is 10.3. The molecule has 0 aromatic heterocycles. The lowest BCUT2D eigenvalue weighted by Crippen LogP contribution is -1.88. The van der Waals surface area contributed by atoms with Crippen molar-refractivity contribution in [2.45, 2.75) is 10.7 Å². The van der Waals surface area contributed by atoms with Gasteiger partial charge in [-0.05, 0) is 55.1 Å². The average Bonchev–Trinajstić information content (AvgIpc) is 2.09. The van der Waals surface area contributed by atoms with E-state index in [9.17, 15) is 0 Å². The van der Waals surface area contributed by atoms with Crippen molar-refractivity contribution in [2.75, 3.05) is 0 Å². The van der Waals surface area contributed by atoms with Gasteiger partial charge in [0.1, 0.15) is 0 Å². The number of benzene rings is 1.